The lowest BCUT2D eigenvalue weighted by atomic mass is 10.1. The topological polar surface area (TPSA) is 28.2 Å². The Morgan fingerprint density at radius 2 is 2.00 bits per heavy atom. The summed E-state index contributed by atoms with van der Waals surface area (Å²) in [4.78, 5) is 8.67. The number of aromatic nitrogens is 1. The molecule has 3 nitrogen and oxygen atoms in total. The summed E-state index contributed by atoms with van der Waals surface area (Å²) in [6, 6.07) is 0. The Bertz CT molecular complexity index is 473. The molecule has 1 aliphatic rings. The lowest BCUT2D eigenvalue weighted by molar-refractivity contribution is 0.425. The van der Waals surface area contributed by atoms with Gasteiger partial charge in [-0.25, -0.2) is 4.98 Å². The van der Waals surface area contributed by atoms with Crippen molar-refractivity contribution in [1.82, 2.24) is 10.3 Å². The first kappa shape index (κ1) is 16.8. The van der Waals surface area contributed by atoms with Gasteiger partial charge in [0.25, 0.3) is 0 Å². The standard InChI is InChI=1S/C17H31N3S/c1-11(2)15-14(9-18-17(4,5)6)21-16(19-15)20(7)10-13-8-12(13)3/h11-13,18H,8-10H2,1-7H3. The summed E-state index contributed by atoms with van der Waals surface area (Å²) >= 11 is 1.86. The Morgan fingerprint density at radius 1 is 1.38 bits per heavy atom. The number of nitrogens with one attached hydrogen (secondary N) is 1. The largest absolute Gasteiger partial charge is 0.351 e. The van der Waals surface area contributed by atoms with Gasteiger partial charge in [-0.1, -0.05) is 20.8 Å². The molecule has 0 aromatic carbocycles. The van der Waals surface area contributed by atoms with E-state index in [4.69, 9.17) is 4.98 Å². The molecule has 0 bridgehead atoms. The lowest BCUT2D eigenvalue weighted by Crippen LogP contribution is -2.35. The third-order valence-corrected chi connectivity index (χ3v) is 5.34. The molecule has 0 aliphatic heterocycles. The zero-order valence-corrected chi connectivity index (χ0v) is 15.5. The third-order valence-electron chi connectivity index (χ3n) is 4.15. The zero-order chi connectivity index (χ0) is 15.8. The summed E-state index contributed by atoms with van der Waals surface area (Å²) in [7, 11) is 2.19. The number of hydrogen-bond donors (Lipinski definition) is 1. The highest BCUT2D eigenvalue weighted by Crippen LogP contribution is 2.39. The van der Waals surface area contributed by atoms with Gasteiger partial charge in [-0.3, -0.25) is 0 Å². The van der Waals surface area contributed by atoms with E-state index in [1.54, 1.807) is 0 Å². The number of rotatable bonds is 6. The number of nitrogens with zero attached hydrogens (tertiary/aromatic N) is 2. The maximum Gasteiger partial charge on any atom is 0.185 e. The van der Waals surface area contributed by atoms with E-state index in [2.05, 4.69) is 58.8 Å². The van der Waals surface area contributed by atoms with Gasteiger partial charge in [0, 0.05) is 30.6 Å². The van der Waals surface area contributed by atoms with Crippen molar-refractivity contribution < 1.29 is 0 Å². The molecule has 1 fully saturated rings. The molecule has 2 atom stereocenters. The smallest absolute Gasteiger partial charge is 0.185 e. The first-order valence-electron chi connectivity index (χ1n) is 8.13. The van der Waals surface area contributed by atoms with E-state index >= 15 is 0 Å². The third kappa shape index (κ3) is 4.68. The van der Waals surface area contributed by atoms with Crippen LogP contribution in [0.15, 0.2) is 0 Å². The van der Waals surface area contributed by atoms with E-state index in [0.717, 1.165) is 24.9 Å². The highest BCUT2D eigenvalue weighted by Gasteiger charge is 2.34. The van der Waals surface area contributed by atoms with Gasteiger partial charge in [-0.15, -0.1) is 11.3 Å². The predicted octanol–water partition coefficient (Wildman–Crippen LogP) is 4.25. The van der Waals surface area contributed by atoms with Crippen LogP contribution in [0.1, 0.15) is 64.5 Å². The van der Waals surface area contributed by atoms with E-state index in [0.29, 0.717) is 5.92 Å². The Morgan fingerprint density at radius 3 is 2.48 bits per heavy atom. The molecule has 0 radical (unpaired) electrons. The normalized spacial score (nSPS) is 21.9. The molecule has 1 aromatic rings. The highest BCUT2D eigenvalue weighted by molar-refractivity contribution is 7.15. The average Bonchev–Trinajstić information content (AvgIpc) is 2.90. The fourth-order valence-corrected chi connectivity index (χ4v) is 3.65. The van der Waals surface area contributed by atoms with E-state index in [-0.39, 0.29) is 5.54 Å². The summed E-state index contributed by atoms with van der Waals surface area (Å²) in [6.45, 7) is 15.5. The second-order valence-corrected chi connectivity index (χ2v) is 8.98. The van der Waals surface area contributed by atoms with Gasteiger partial charge >= 0.3 is 0 Å². The van der Waals surface area contributed by atoms with Gasteiger partial charge in [0.1, 0.15) is 0 Å². The van der Waals surface area contributed by atoms with Gasteiger partial charge < -0.3 is 10.2 Å². The number of thiazole rings is 1. The molecule has 1 aliphatic carbocycles. The minimum atomic E-state index is 0.147. The monoisotopic (exact) mass is 309 g/mol. The van der Waals surface area contributed by atoms with Crippen molar-refractivity contribution in [3.05, 3.63) is 10.6 Å². The Balaban J connectivity index is 2.08. The van der Waals surface area contributed by atoms with Crippen LogP contribution in [0.2, 0.25) is 0 Å². The van der Waals surface area contributed by atoms with E-state index in [9.17, 15) is 0 Å². The minimum absolute atomic E-state index is 0.147. The van der Waals surface area contributed by atoms with Crippen LogP contribution in [-0.4, -0.2) is 24.1 Å². The van der Waals surface area contributed by atoms with Gasteiger partial charge in [-0.05, 0) is 44.9 Å². The number of hydrogen-bond acceptors (Lipinski definition) is 4. The lowest BCUT2D eigenvalue weighted by Gasteiger charge is -2.20. The van der Waals surface area contributed by atoms with E-state index < -0.39 is 0 Å². The van der Waals surface area contributed by atoms with Crippen LogP contribution in [-0.2, 0) is 6.54 Å². The molecule has 4 heteroatoms. The van der Waals surface area contributed by atoms with E-state index in [1.807, 2.05) is 11.3 Å². The average molecular weight is 310 g/mol. The van der Waals surface area contributed by atoms with Crippen LogP contribution >= 0.6 is 11.3 Å². The van der Waals surface area contributed by atoms with Crippen molar-refractivity contribution in [3.63, 3.8) is 0 Å². The summed E-state index contributed by atoms with van der Waals surface area (Å²) < 4.78 is 0. The first-order chi connectivity index (χ1) is 9.67. The van der Waals surface area contributed by atoms with Crippen molar-refractivity contribution in [2.45, 2.75) is 66.0 Å². The van der Waals surface area contributed by atoms with Gasteiger partial charge in [-0.2, -0.15) is 0 Å². The first-order valence-corrected chi connectivity index (χ1v) is 8.94. The van der Waals surface area contributed by atoms with Crippen molar-refractivity contribution >= 4 is 16.5 Å². The van der Waals surface area contributed by atoms with Crippen LogP contribution in [0, 0.1) is 11.8 Å². The molecular formula is C17H31N3S. The van der Waals surface area contributed by atoms with Crippen LogP contribution < -0.4 is 10.2 Å². The molecule has 0 saturated heterocycles. The maximum atomic E-state index is 4.92. The molecular weight excluding hydrogens is 278 g/mol. The van der Waals surface area contributed by atoms with Crippen molar-refractivity contribution in [2.24, 2.45) is 11.8 Å². The van der Waals surface area contributed by atoms with Crippen LogP contribution in [0.4, 0.5) is 5.13 Å². The molecule has 0 amide bonds. The minimum Gasteiger partial charge on any atom is -0.351 e. The van der Waals surface area contributed by atoms with Crippen LogP contribution in [0.3, 0.4) is 0 Å². The zero-order valence-electron chi connectivity index (χ0n) is 14.7. The summed E-state index contributed by atoms with van der Waals surface area (Å²) in [5.74, 6) is 2.26. The molecule has 120 valence electrons. The van der Waals surface area contributed by atoms with Crippen LogP contribution in [0.5, 0.6) is 0 Å². The van der Waals surface area contributed by atoms with Crippen molar-refractivity contribution in [2.75, 3.05) is 18.5 Å². The fraction of sp³-hybridized carbons (Fsp3) is 0.824. The molecule has 1 aromatic heterocycles. The molecule has 2 rings (SSSR count). The molecule has 1 N–H and O–H groups in total. The van der Waals surface area contributed by atoms with Gasteiger partial charge in [0.05, 0.1) is 5.69 Å². The second-order valence-electron chi connectivity index (χ2n) is 7.92. The Labute approximate surface area is 134 Å². The second kappa shape index (κ2) is 6.25. The van der Waals surface area contributed by atoms with Gasteiger partial charge in [0.2, 0.25) is 0 Å². The molecule has 1 heterocycles. The maximum absolute atomic E-state index is 4.92. The van der Waals surface area contributed by atoms with Gasteiger partial charge in [0.15, 0.2) is 5.13 Å². The van der Waals surface area contributed by atoms with Crippen LogP contribution in [0.25, 0.3) is 0 Å². The molecule has 0 spiro atoms. The number of anilines is 1. The van der Waals surface area contributed by atoms with Crippen molar-refractivity contribution in [1.29, 1.82) is 0 Å². The van der Waals surface area contributed by atoms with Crippen molar-refractivity contribution in [3.8, 4) is 0 Å². The SMILES string of the molecule is CC(C)c1nc(N(C)CC2CC2C)sc1CNC(C)(C)C. The quantitative estimate of drug-likeness (QED) is 0.851. The molecule has 2 unspecified atom stereocenters. The Hall–Kier alpha value is -0.610. The molecule has 21 heavy (non-hydrogen) atoms. The fourth-order valence-electron chi connectivity index (χ4n) is 2.52. The molecule has 1 saturated carbocycles. The summed E-state index contributed by atoms with van der Waals surface area (Å²) in [5, 5.41) is 4.78. The Kier molecular flexibility index (Phi) is 4.99. The van der Waals surface area contributed by atoms with E-state index in [1.165, 1.54) is 22.1 Å². The summed E-state index contributed by atoms with van der Waals surface area (Å²) in [6.07, 6.45) is 1.38. The summed E-state index contributed by atoms with van der Waals surface area (Å²) in [5.41, 5.74) is 1.41. The predicted molar refractivity (Wildman–Crippen MR) is 93.3 cm³/mol. The highest BCUT2D eigenvalue weighted by atomic mass is 32.1.